The van der Waals surface area contributed by atoms with Gasteiger partial charge in [-0.3, -0.25) is 4.99 Å². The van der Waals surface area contributed by atoms with Crippen LogP contribution in [-0.4, -0.2) is 22.8 Å². The molecule has 2 aromatic carbocycles. The summed E-state index contributed by atoms with van der Waals surface area (Å²) in [5, 5.41) is 0. The van der Waals surface area contributed by atoms with Gasteiger partial charge in [-0.25, -0.2) is 13.8 Å². The molecule has 0 aliphatic heterocycles. The highest BCUT2D eigenvalue weighted by Gasteiger charge is 2.14. The minimum Gasteiger partial charge on any atom is -0.324 e. The quantitative estimate of drug-likeness (QED) is 0.597. The van der Waals surface area contributed by atoms with Crippen molar-refractivity contribution in [2.75, 3.05) is 7.05 Å². The van der Waals surface area contributed by atoms with Gasteiger partial charge in [0.2, 0.25) is 0 Å². The van der Waals surface area contributed by atoms with Crippen LogP contribution in [0.5, 0.6) is 0 Å². The number of allylic oxidation sites excluding steroid dienone is 1. The Morgan fingerprint density at radius 2 is 1.92 bits per heavy atom. The number of benzene rings is 2. The fraction of sp³-hybridized carbons (Fsp3) is 0.238. The van der Waals surface area contributed by atoms with E-state index < -0.39 is 11.6 Å². The lowest BCUT2D eigenvalue weighted by Gasteiger charge is -2.13. The first-order chi connectivity index (χ1) is 12.4. The lowest BCUT2D eigenvalue weighted by molar-refractivity contribution is 0.510. The summed E-state index contributed by atoms with van der Waals surface area (Å²) in [6.07, 6.45) is 3.94. The summed E-state index contributed by atoms with van der Waals surface area (Å²) in [4.78, 5) is 8.55. The Labute approximate surface area is 151 Å². The zero-order chi connectivity index (χ0) is 18.8. The van der Waals surface area contributed by atoms with Crippen molar-refractivity contribution in [3.05, 3.63) is 70.1 Å². The molecular weight excluding hydrogens is 332 g/mol. The van der Waals surface area contributed by atoms with Crippen molar-refractivity contribution in [1.82, 2.24) is 9.55 Å². The van der Waals surface area contributed by atoms with Crippen molar-refractivity contribution < 1.29 is 8.78 Å². The normalized spacial score (nSPS) is 11.5. The second kappa shape index (κ2) is 7.20. The Morgan fingerprint density at radius 1 is 1.19 bits per heavy atom. The van der Waals surface area contributed by atoms with Gasteiger partial charge in [0.15, 0.2) is 11.6 Å². The molecule has 0 saturated carbocycles. The number of aromatic nitrogens is 2. The van der Waals surface area contributed by atoms with Gasteiger partial charge in [-0.15, -0.1) is 0 Å². The van der Waals surface area contributed by atoms with Crippen molar-refractivity contribution in [3.8, 4) is 0 Å². The molecule has 5 heteroatoms. The Hall–Kier alpha value is -2.82. The summed E-state index contributed by atoms with van der Waals surface area (Å²) < 4.78 is 29.1. The Kier molecular flexibility index (Phi) is 4.98. The van der Waals surface area contributed by atoms with Gasteiger partial charge in [-0.1, -0.05) is 29.8 Å². The first kappa shape index (κ1) is 18.0. The second-order valence-electron chi connectivity index (χ2n) is 6.53. The van der Waals surface area contributed by atoms with E-state index in [0.717, 1.165) is 22.8 Å². The lowest BCUT2D eigenvalue weighted by Crippen LogP contribution is -2.06. The van der Waals surface area contributed by atoms with Gasteiger partial charge < -0.3 is 4.57 Å². The van der Waals surface area contributed by atoms with Crippen LogP contribution in [-0.2, 0) is 6.54 Å². The molecule has 134 valence electrons. The molecule has 3 rings (SSSR count). The van der Waals surface area contributed by atoms with E-state index in [1.54, 1.807) is 7.05 Å². The average molecular weight is 353 g/mol. The third-order valence-corrected chi connectivity index (χ3v) is 4.24. The highest BCUT2D eigenvalue weighted by Crippen LogP contribution is 2.23. The molecule has 3 nitrogen and oxygen atoms in total. The van der Waals surface area contributed by atoms with E-state index in [2.05, 4.69) is 16.1 Å². The van der Waals surface area contributed by atoms with E-state index in [9.17, 15) is 8.78 Å². The maximum atomic E-state index is 13.7. The summed E-state index contributed by atoms with van der Waals surface area (Å²) >= 11 is 0. The fourth-order valence-corrected chi connectivity index (χ4v) is 3.10. The Bertz CT molecular complexity index is 1030. The van der Waals surface area contributed by atoms with Gasteiger partial charge in [-0.2, -0.15) is 0 Å². The molecule has 1 heterocycles. The van der Waals surface area contributed by atoms with Crippen LogP contribution in [0.15, 0.2) is 40.9 Å². The first-order valence-electron chi connectivity index (χ1n) is 8.41. The monoisotopic (exact) mass is 353 g/mol. The topological polar surface area (TPSA) is 30.2 Å². The van der Waals surface area contributed by atoms with Crippen molar-refractivity contribution in [2.24, 2.45) is 4.99 Å². The largest absolute Gasteiger partial charge is 0.324 e. The SMILES string of the molecule is CN=Cc1c(C=C(C)C)cccc1Cn1c(C)nc2cc(F)c(F)cc21. The van der Waals surface area contributed by atoms with E-state index in [-0.39, 0.29) is 0 Å². The van der Waals surface area contributed by atoms with Crippen molar-refractivity contribution in [3.63, 3.8) is 0 Å². The van der Waals surface area contributed by atoms with Gasteiger partial charge in [-0.05, 0) is 31.9 Å². The zero-order valence-electron chi connectivity index (χ0n) is 15.3. The summed E-state index contributed by atoms with van der Waals surface area (Å²) in [7, 11) is 1.74. The molecule has 0 fully saturated rings. The molecule has 0 N–H and O–H groups in total. The van der Waals surface area contributed by atoms with E-state index in [1.165, 1.54) is 11.6 Å². The van der Waals surface area contributed by atoms with Crippen molar-refractivity contribution in [2.45, 2.75) is 27.3 Å². The molecule has 3 aromatic rings. The van der Waals surface area contributed by atoms with Crippen LogP contribution >= 0.6 is 0 Å². The molecule has 0 aliphatic rings. The summed E-state index contributed by atoms with van der Waals surface area (Å²) in [6, 6.07) is 8.40. The van der Waals surface area contributed by atoms with Gasteiger partial charge in [0.25, 0.3) is 0 Å². The minimum absolute atomic E-state index is 0.451. The van der Waals surface area contributed by atoms with Gasteiger partial charge in [0.1, 0.15) is 5.82 Å². The molecule has 0 radical (unpaired) electrons. The highest BCUT2D eigenvalue weighted by atomic mass is 19.2. The van der Waals surface area contributed by atoms with Crippen LogP contribution in [0.1, 0.15) is 36.4 Å². The zero-order valence-corrected chi connectivity index (χ0v) is 15.3. The molecule has 1 aromatic heterocycles. The predicted molar refractivity (Wildman–Crippen MR) is 103 cm³/mol. The first-order valence-corrected chi connectivity index (χ1v) is 8.41. The summed E-state index contributed by atoms with van der Waals surface area (Å²) in [5.41, 5.74) is 5.35. The van der Waals surface area contributed by atoms with E-state index in [1.807, 2.05) is 49.8 Å². The number of hydrogen-bond acceptors (Lipinski definition) is 2. The molecule has 0 atom stereocenters. The van der Waals surface area contributed by atoms with Crippen LogP contribution in [0.4, 0.5) is 8.78 Å². The number of nitrogens with zero attached hydrogens (tertiary/aromatic N) is 3. The van der Waals surface area contributed by atoms with Gasteiger partial charge in [0.05, 0.1) is 11.0 Å². The number of aliphatic imine (C=N–C) groups is 1. The molecular formula is C21H21F2N3. The van der Waals surface area contributed by atoms with Crippen LogP contribution < -0.4 is 0 Å². The molecule has 0 bridgehead atoms. The average Bonchev–Trinajstić information content (AvgIpc) is 2.86. The molecule has 26 heavy (non-hydrogen) atoms. The predicted octanol–water partition coefficient (Wildman–Crippen LogP) is 5.14. The molecule has 0 saturated heterocycles. The Morgan fingerprint density at radius 3 is 2.62 bits per heavy atom. The van der Waals surface area contributed by atoms with Crippen molar-refractivity contribution in [1.29, 1.82) is 0 Å². The number of rotatable bonds is 4. The minimum atomic E-state index is -0.883. The van der Waals surface area contributed by atoms with Crippen molar-refractivity contribution >= 4 is 23.3 Å². The van der Waals surface area contributed by atoms with E-state index in [4.69, 9.17) is 0 Å². The number of fused-ring (bicyclic) bond motifs is 1. The summed E-state index contributed by atoms with van der Waals surface area (Å²) in [6.45, 7) is 6.43. The van der Waals surface area contributed by atoms with Gasteiger partial charge in [0, 0.05) is 37.5 Å². The maximum Gasteiger partial charge on any atom is 0.161 e. The van der Waals surface area contributed by atoms with Gasteiger partial charge >= 0.3 is 0 Å². The third-order valence-electron chi connectivity index (χ3n) is 4.24. The van der Waals surface area contributed by atoms with Crippen LogP contribution in [0.25, 0.3) is 17.1 Å². The highest BCUT2D eigenvalue weighted by molar-refractivity contribution is 5.88. The molecule has 0 aliphatic carbocycles. The standard InChI is InChI=1S/C21H21F2N3/c1-13(2)8-15-6-5-7-16(17(15)11-24-4)12-26-14(3)25-20-9-18(22)19(23)10-21(20)26/h5-11H,12H2,1-4H3. The molecule has 0 unspecified atom stereocenters. The van der Waals surface area contributed by atoms with E-state index in [0.29, 0.717) is 23.4 Å². The number of halogens is 2. The second-order valence-corrected chi connectivity index (χ2v) is 6.53. The number of imidazole rings is 1. The molecule has 0 amide bonds. The van der Waals surface area contributed by atoms with Crippen LogP contribution in [0, 0.1) is 18.6 Å². The molecule has 0 spiro atoms. The third kappa shape index (κ3) is 3.43. The van der Waals surface area contributed by atoms with Crippen LogP contribution in [0.3, 0.4) is 0 Å². The Balaban J connectivity index is 2.15. The number of aryl methyl sites for hydroxylation is 1. The lowest BCUT2D eigenvalue weighted by atomic mass is 10.00. The van der Waals surface area contributed by atoms with Crippen LogP contribution in [0.2, 0.25) is 0 Å². The smallest absolute Gasteiger partial charge is 0.161 e. The summed E-state index contributed by atoms with van der Waals surface area (Å²) in [5.74, 6) is -1.05. The fourth-order valence-electron chi connectivity index (χ4n) is 3.10. The maximum absolute atomic E-state index is 13.7. The number of hydrogen-bond donors (Lipinski definition) is 0. The van der Waals surface area contributed by atoms with E-state index >= 15 is 0 Å².